The van der Waals surface area contributed by atoms with Crippen molar-refractivity contribution in [3.05, 3.63) is 71.4 Å². The number of anilines is 2. The Kier molecular flexibility index (Phi) is 3.33. The fourth-order valence-electron chi connectivity index (χ4n) is 2.46. The highest BCUT2D eigenvalue weighted by molar-refractivity contribution is 7.15. The van der Waals surface area contributed by atoms with Crippen molar-refractivity contribution in [3.63, 3.8) is 0 Å². The van der Waals surface area contributed by atoms with E-state index in [1.165, 1.54) is 10.9 Å². The van der Waals surface area contributed by atoms with Crippen molar-refractivity contribution < 1.29 is 0 Å². The molecule has 2 heterocycles. The van der Waals surface area contributed by atoms with Crippen molar-refractivity contribution in [2.45, 2.75) is 6.42 Å². The minimum absolute atomic E-state index is 0.790. The Morgan fingerprint density at radius 1 is 0.955 bits per heavy atom. The van der Waals surface area contributed by atoms with Crippen LogP contribution in [-0.2, 0) is 6.42 Å². The molecule has 4 rings (SSSR count). The number of aromatic nitrogens is 3. The van der Waals surface area contributed by atoms with Gasteiger partial charge in [0.05, 0.1) is 0 Å². The number of nitrogens with zero attached hydrogens (tertiary/aromatic N) is 2. The summed E-state index contributed by atoms with van der Waals surface area (Å²) in [6, 6.07) is 18.3. The van der Waals surface area contributed by atoms with Crippen molar-refractivity contribution in [1.29, 1.82) is 0 Å². The lowest BCUT2D eigenvalue weighted by molar-refractivity contribution is 1.01. The summed E-state index contributed by atoms with van der Waals surface area (Å²) in [5.74, 6) is 0. The Hall–Kier alpha value is -2.66. The second kappa shape index (κ2) is 5.61. The van der Waals surface area contributed by atoms with E-state index in [9.17, 15) is 0 Å². The molecule has 0 unspecified atom stereocenters. The lowest BCUT2D eigenvalue weighted by atomic mass is 10.1. The highest BCUT2D eigenvalue weighted by Gasteiger charge is 2.09. The van der Waals surface area contributed by atoms with Crippen molar-refractivity contribution in [2.75, 3.05) is 5.32 Å². The summed E-state index contributed by atoms with van der Waals surface area (Å²) in [7, 11) is 0. The molecule has 0 aliphatic rings. The second-order valence-electron chi connectivity index (χ2n) is 5.03. The predicted molar refractivity (Wildman–Crippen MR) is 90.7 cm³/mol. The molecule has 0 saturated heterocycles. The van der Waals surface area contributed by atoms with E-state index in [2.05, 4.69) is 44.9 Å². The van der Waals surface area contributed by atoms with Gasteiger partial charge < -0.3 is 10.3 Å². The molecule has 22 heavy (non-hydrogen) atoms. The Morgan fingerprint density at radius 3 is 2.68 bits per heavy atom. The lowest BCUT2D eigenvalue weighted by Gasteiger charge is -1.99. The Balaban J connectivity index is 1.54. The number of aromatic amines is 1. The van der Waals surface area contributed by atoms with Crippen LogP contribution in [0, 0.1) is 0 Å². The van der Waals surface area contributed by atoms with Gasteiger partial charge in [-0.2, -0.15) is 0 Å². The van der Waals surface area contributed by atoms with Gasteiger partial charge in [0.1, 0.15) is 5.01 Å². The van der Waals surface area contributed by atoms with Gasteiger partial charge in [-0.3, -0.25) is 0 Å². The molecule has 4 nitrogen and oxygen atoms in total. The minimum atomic E-state index is 0.790. The zero-order chi connectivity index (χ0) is 14.8. The maximum Gasteiger partial charge on any atom is 0.210 e. The average molecular weight is 306 g/mol. The first-order chi connectivity index (χ1) is 10.9. The van der Waals surface area contributed by atoms with Crippen LogP contribution in [0.15, 0.2) is 60.8 Å². The van der Waals surface area contributed by atoms with Crippen molar-refractivity contribution in [3.8, 4) is 0 Å². The monoisotopic (exact) mass is 306 g/mol. The first-order valence-corrected chi connectivity index (χ1v) is 7.89. The van der Waals surface area contributed by atoms with Crippen LogP contribution < -0.4 is 5.32 Å². The van der Waals surface area contributed by atoms with Crippen molar-refractivity contribution >= 4 is 33.1 Å². The first-order valence-electron chi connectivity index (χ1n) is 7.08. The molecule has 0 saturated carbocycles. The summed E-state index contributed by atoms with van der Waals surface area (Å²) < 4.78 is 0. The maximum atomic E-state index is 4.29. The number of para-hydroxylation sites is 2. The summed E-state index contributed by atoms with van der Waals surface area (Å²) in [5, 5.41) is 14.9. The Labute approximate surface area is 131 Å². The van der Waals surface area contributed by atoms with E-state index in [1.54, 1.807) is 11.3 Å². The highest BCUT2D eigenvalue weighted by Crippen LogP contribution is 2.25. The summed E-state index contributed by atoms with van der Waals surface area (Å²) in [6.07, 6.45) is 2.84. The average Bonchev–Trinajstić information content (AvgIpc) is 3.17. The van der Waals surface area contributed by atoms with Gasteiger partial charge in [0, 0.05) is 29.2 Å². The zero-order valence-corrected chi connectivity index (χ0v) is 12.6. The zero-order valence-electron chi connectivity index (χ0n) is 11.8. The number of hydrogen-bond donors (Lipinski definition) is 2. The van der Waals surface area contributed by atoms with Crippen LogP contribution in [0.3, 0.4) is 0 Å². The number of hydrogen-bond acceptors (Lipinski definition) is 4. The standard InChI is InChI=1S/C17H14N4S/c1-2-6-13(7-3-1)19-17-21-20-16(22-17)10-12-11-18-15-9-5-4-8-14(12)15/h1-9,11,18H,10H2,(H,19,21). The van der Waals surface area contributed by atoms with E-state index in [0.29, 0.717) is 0 Å². The molecule has 0 aliphatic carbocycles. The fraction of sp³-hybridized carbons (Fsp3) is 0.0588. The maximum absolute atomic E-state index is 4.29. The Morgan fingerprint density at radius 2 is 1.77 bits per heavy atom. The summed E-state index contributed by atoms with van der Waals surface area (Å²) in [6.45, 7) is 0. The topological polar surface area (TPSA) is 53.6 Å². The molecule has 0 bridgehead atoms. The molecule has 2 aromatic carbocycles. The van der Waals surface area contributed by atoms with Gasteiger partial charge in [0.25, 0.3) is 0 Å². The number of fused-ring (bicyclic) bond motifs is 1. The quantitative estimate of drug-likeness (QED) is 0.589. The lowest BCUT2D eigenvalue weighted by Crippen LogP contribution is -1.88. The van der Waals surface area contributed by atoms with Gasteiger partial charge in [-0.1, -0.05) is 47.7 Å². The summed E-state index contributed by atoms with van der Waals surface area (Å²) >= 11 is 1.59. The van der Waals surface area contributed by atoms with E-state index in [4.69, 9.17) is 0 Å². The van der Waals surface area contributed by atoms with Crippen LogP contribution in [0.1, 0.15) is 10.6 Å². The molecule has 2 aromatic heterocycles. The van der Waals surface area contributed by atoms with Gasteiger partial charge in [-0.15, -0.1) is 10.2 Å². The van der Waals surface area contributed by atoms with Gasteiger partial charge in [0.15, 0.2) is 0 Å². The van der Waals surface area contributed by atoms with Gasteiger partial charge >= 0.3 is 0 Å². The van der Waals surface area contributed by atoms with Crippen LogP contribution >= 0.6 is 11.3 Å². The molecule has 4 aromatic rings. The number of benzene rings is 2. The largest absolute Gasteiger partial charge is 0.361 e. The molecule has 0 fully saturated rings. The predicted octanol–water partition coefficient (Wildman–Crippen LogP) is 4.35. The highest BCUT2D eigenvalue weighted by atomic mass is 32.1. The number of nitrogens with one attached hydrogen (secondary N) is 2. The van der Waals surface area contributed by atoms with E-state index in [-0.39, 0.29) is 0 Å². The molecule has 0 amide bonds. The van der Waals surface area contributed by atoms with Crippen LogP contribution in [0.25, 0.3) is 10.9 Å². The van der Waals surface area contributed by atoms with E-state index in [1.807, 2.05) is 36.4 Å². The van der Waals surface area contributed by atoms with Gasteiger partial charge in [-0.05, 0) is 23.8 Å². The van der Waals surface area contributed by atoms with Gasteiger partial charge in [0.2, 0.25) is 5.13 Å². The van der Waals surface area contributed by atoms with Crippen LogP contribution in [0.5, 0.6) is 0 Å². The second-order valence-corrected chi connectivity index (χ2v) is 6.09. The smallest absolute Gasteiger partial charge is 0.210 e. The third-order valence-electron chi connectivity index (χ3n) is 3.51. The van der Waals surface area contributed by atoms with E-state index >= 15 is 0 Å². The first kappa shape index (κ1) is 13.0. The molecule has 0 radical (unpaired) electrons. The number of rotatable bonds is 4. The SMILES string of the molecule is c1ccc(Nc2nnc(Cc3c[nH]c4ccccc34)s2)cc1. The van der Waals surface area contributed by atoms with Crippen LogP contribution in [-0.4, -0.2) is 15.2 Å². The molecule has 5 heteroatoms. The van der Waals surface area contributed by atoms with Crippen molar-refractivity contribution in [2.24, 2.45) is 0 Å². The van der Waals surface area contributed by atoms with Crippen molar-refractivity contribution in [1.82, 2.24) is 15.2 Å². The molecule has 0 aliphatic heterocycles. The molecule has 2 N–H and O–H groups in total. The fourth-order valence-corrected chi connectivity index (χ4v) is 3.24. The third-order valence-corrected chi connectivity index (χ3v) is 4.35. The van der Waals surface area contributed by atoms with Gasteiger partial charge in [-0.25, -0.2) is 0 Å². The molecule has 108 valence electrons. The summed E-state index contributed by atoms with van der Waals surface area (Å²) in [5.41, 5.74) is 3.43. The normalized spacial score (nSPS) is 10.9. The summed E-state index contributed by atoms with van der Waals surface area (Å²) in [4.78, 5) is 3.30. The Bertz CT molecular complexity index is 895. The number of H-pyrrole nitrogens is 1. The van der Waals surface area contributed by atoms with E-state index in [0.717, 1.165) is 27.8 Å². The molecule has 0 spiro atoms. The molecule has 0 atom stereocenters. The van der Waals surface area contributed by atoms with Crippen LogP contribution in [0.4, 0.5) is 10.8 Å². The third kappa shape index (κ3) is 2.58. The molecular weight excluding hydrogens is 292 g/mol. The van der Waals surface area contributed by atoms with Crippen LogP contribution in [0.2, 0.25) is 0 Å². The van der Waals surface area contributed by atoms with E-state index < -0.39 is 0 Å². The molecular formula is C17H14N4S. The minimum Gasteiger partial charge on any atom is -0.361 e.